The maximum Gasteiger partial charge on any atom is 0.175 e. The first-order chi connectivity index (χ1) is 8.86. The van der Waals surface area contributed by atoms with Crippen molar-refractivity contribution in [1.82, 2.24) is 0 Å². The van der Waals surface area contributed by atoms with Gasteiger partial charge in [-0.25, -0.2) is 0 Å². The van der Waals surface area contributed by atoms with Crippen molar-refractivity contribution in [2.75, 3.05) is 0 Å². The average Bonchev–Trinajstić information content (AvgIpc) is 2.47. The standard InChI is InChI=1S/C16H19ClSi/c17-18(14-9-2-1-3-10-14)16-12-6-8-13-7-4-5-11-15(13)16/h4-8,11-12,14,18H,1-3,9-10H2. The Morgan fingerprint density at radius 3 is 2.44 bits per heavy atom. The van der Waals surface area contributed by atoms with Crippen LogP contribution in [-0.4, -0.2) is 8.11 Å². The molecule has 1 atom stereocenters. The van der Waals surface area contributed by atoms with Crippen LogP contribution in [0.1, 0.15) is 32.1 Å². The molecule has 2 aromatic carbocycles. The van der Waals surface area contributed by atoms with Gasteiger partial charge in [-0.3, -0.25) is 0 Å². The summed E-state index contributed by atoms with van der Waals surface area (Å²) in [5.74, 6) is 0. The first-order valence-electron chi connectivity index (χ1n) is 6.98. The van der Waals surface area contributed by atoms with Gasteiger partial charge in [0.25, 0.3) is 0 Å². The van der Waals surface area contributed by atoms with Gasteiger partial charge in [0.1, 0.15) is 0 Å². The monoisotopic (exact) mass is 274 g/mol. The first kappa shape index (κ1) is 12.3. The summed E-state index contributed by atoms with van der Waals surface area (Å²) in [5, 5.41) is 4.18. The van der Waals surface area contributed by atoms with E-state index in [4.69, 9.17) is 11.1 Å². The minimum absolute atomic E-state index is 0.797. The number of halogens is 1. The zero-order chi connectivity index (χ0) is 12.4. The van der Waals surface area contributed by atoms with Crippen LogP contribution >= 0.6 is 11.1 Å². The highest BCUT2D eigenvalue weighted by molar-refractivity contribution is 7.15. The lowest BCUT2D eigenvalue weighted by atomic mass is 10.0. The molecule has 0 nitrogen and oxygen atoms in total. The topological polar surface area (TPSA) is 0 Å². The molecule has 0 radical (unpaired) electrons. The van der Waals surface area contributed by atoms with E-state index in [1.165, 1.54) is 48.1 Å². The fraction of sp³-hybridized carbons (Fsp3) is 0.375. The van der Waals surface area contributed by atoms with Gasteiger partial charge >= 0.3 is 0 Å². The lowest BCUT2D eigenvalue weighted by Gasteiger charge is -2.25. The Morgan fingerprint density at radius 1 is 0.889 bits per heavy atom. The second kappa shape index (κ2) is 5.46. The zero-order valence-corrected chi connectivity index (χ0v) is 12.5. The van der Waals surface area contributed by atoms with E-state index in [2.05, 4.69) is 42.5 Å². The Labute approximate surface area is 115 Å². The highest BCUT2D eigenvalue weighted by atomic mass is 35.6. The van der Waals surface area contributed by atoms with Crippen LogP contribution in [0.15, 0.2) is 42.5 Å². The number of hydrogen-bond acceptors (Lipinski definition) is 0. The summed E-state index contributed by atoms with van der Waals surface area (Å²) in [6, 6.07) is 15.3. The first-order valence-corrected chi connectivity index (χ1v) is 9.97. The Bertz CT molecular complexity index is 526. The minimum Gasteiger partial charge on any atom is -0.165 e. The SMILES string of the molecule is Cl[SiH](c1cccc2ccccc12)C1CCCCC1. The van der Waals surface area contributed by atoms with Crippen LogP contribution in [0, 0.1) is 0 Å². The summed E-state index contributed by atoms with van der Waals surface area (Å²) in [4.78, 5) is 0. The van der Waals surface area contributed by atoms with E-state index in [1.54, 1.807) is 0 Å². The quantitative estimate of drug-likeness (QED) is 0.564. The van der Waals surface area contributed by atoms with E-state index in [9.17, 15) is 0 Å². The van der Waals surface area contributed by atoms with Crippen LogP contribution < -0.4 is 5.19 Å². The second-order valence-corrected chi connectivity index (χ2v) is 9.15. The average molecular weight is 275 g/mol. The Kier molecular flexibility index (Phi) is 3.71. The second-order valence-electron chi connectivity index (χ2n) is 5.37. The Hall–Kier alpha value is -0.793. The number of fused-ring (bicyclic) bond motifs is 1. The third-order valence-corrected chi connectivity index (χ3v) is 8.55. The van der Waals surface area contributed by atoms with Gasteiger partial charge in [-0.05, 0) is 21.5 Å². The van der Waals surface area contributed by atoms with E-state index in [-0.39, 0.29) is 0 Å². The maximum absolute atomic E-state index is 6.90. The molecule has 1 unspecified atom stereocenters. The van der Waals surface area contributed by atoms with E-state index >= 15 is 0 Å². The zero-order valence-electron chi connectivity index (χ0n) is 10.6. The highest BCUT2D eigenvalue weighted by Gasteiger charge is 2.25. The molecule has 0 heterocycles. The molecule has 0 aromatic heterocycles. The van der Waals surface area contributed by atoms with Gasteiger partial charge < -0.3 is 0 Å². The molecule has 0 saturated heterocycles. The third kappa shape index (κ3) is 2.34. The molecule has 0 N–H and O–H groups in total. The molecule has 2 aromatic rings. The van der Waals surface area contributed by atoms with Crippen LogP contribution in [0.5, 0.6) is 0 Å². The van der Waals surface area contributed by atoms with Gasteiger partial charge in [-0.2, -0.15) is 11.1 Å². The van der Waals surface area contributed by atoms with Crippen molar-refractivity contribution in [3.63, 3.8) is 0 Å². The fourth-order valence-electron chi connectivity index (χ4n) is 3.17. The Balaban J connectivity index is 1.97. The van der Waals surface area contributed by atoms with Crippen LogP contribution in [0.25, 0.3) is 10.8 Å². The lowest BCUT2D eigenvalue weighted by molar-refractivity contribution is 0.501. The smallest absolute Gasteiger partial charge is 0.165 e. The molecule has 0 spiro atoms. The maximum atomic E-state index is 6.90. The van der Waals surface area contributed by atoms with Gasteiger partial charge in [-0.15, -0.1) is 0 Å². The van der Waals surface area contributed by atoms with Crippen molar-refractivity contribution < 1.29 is 0 Å². The van der Waals surface area contributed by atoms with Gasteiger partial charge in [-0.1, -0.05) is 74.6 Å². The summed E-state index contributed by atoms with van der Waals surface area (Å²) in [5.41, 5.74) is 0.797. The summed E-state index contributed by atoms with van der Waals surface area (Å²) in [7, 11) is -1.32. The van der Waals surface area contributed by atoms with Crippen LogP contribution in [0.2, 0.25) is 5.54 Å². The van der Waals surface area contributed by atoms with Crippen molar-refractivity contribution in [1.29, 1.82) is 0 Å². The molecular weight excluding hydrogens is 256 g/mol. The van der Waals surface area contributed by atoms with E-state index < -0.39 is 8.11 Å². The third-order valence-electron chi connectivity index (χ3n) is 4.18. The fourth-order valence-corrected chi connectivity index (χ4v) is 6.92. The van der Waals surface area contributed by atoms with E-state index in [0.717, 1.165) is 5.54 Å². The number of benzene rings is 2. The molecular formula is C16H19ClSi. The van der Waals surface area contributed by atoms with Gasteiger partial charge in [0, 0.05) is 0 Å². The van der Waals surface area contributed by atoms with Crippen molar-refractivity contribution in [3.8, 4) is 0 Å². The molecule has 0 bridgehead atoms. The predicted molar refractivity (Wildman–Crippen MR) is 83.4 cm³/mol. The van der Waals surface area contributed by atoms with E-state index in [1.807, 2.05) is 0 Å². The molecule has 2 heteroatoms. The number of rotatable bonds is 2. The van der Waals surface area contributed by atoms with Crippen molar-refractivity contribution in [2.24, 2.45) is 0 Å². The van der Waals surface area contributed by atoms with Crippen molar-refractivity contribution in [3.05, 3.63) is 42.5 Å². The lowest BCUT2D eigenvalue weighted by Crippen LogP contribution is -2.31. The van der Waals surface area contributed by atoms with Gasteiger partial charge in [0.2, 0.25) is 0 Å². The summed E-state index contributed by atoms with van der Waals surface area (Å²) in [6.45, 7) is 0. The molecule has 1 fully saturated rings. The van der Waals surface area contributed by atoms with Gasteiger partial charge in [0.15, 0.2) is 8.11 Å². The van der Waals surface area contributed by atoms with Crippen LogP contribution in [0.3, 0.4) is 0 Å². The predicted octanol–water partition coefficient (Wildman–Crippen LogP) is 4.34. The van der Waals surface area contributed by atoms with Crippen LogP contribution in [-0.2, 0) is 0 Å². The van der Waals surface area contributed by atoms with Crippen molar-refractivity contribution in [2.45, 2.75) is 37.6 Å². The summed E-state index contributed by atoms with van der Waals surface area (Å²) < 4.78 is 0. The molecule has 1 saturated carbocycles. The molecule has 1 aliphatic carbocycles. The summed E-state index contributed by atoms with van der Waals surface area (Å²) in [6.07, 6.45) is 6.87. The molecule has 3 rings (SSSR count). The minimum atomic E-state index is -1.32. The molecule has 18 heavy (non-hydrogen) atoms. The Morgan fingerprint density at radius 2 is 1.61 bits per heavy atom. The highest BCUT2D eigenvalue weighted by Crippen LogP contribution is 2.33. The molecule has 0 amide bonds. The van der Waals surface area contributed by atoms with Gasteiger partial charge in [0.05, 0.1) is 0 Å². The van der Waals surface area contributed by atoms with Crippen LogP contribution in [0.4, 0.5) is 0 Å². The number of hydrogen-bond donors (Lipinski definition) is 0. The van der Waals surface area contributed by atoms with E-state index in [0.29, 0.717) is 0 Å². The normalized spacial score (nSPS) is 18.9. The molecule has 94 valence electrons. The summed E-state index contributed by atoms with van der Waals surface area (Å²) >= 11 is 6.90. The largest absolute Gasteiger partial charge is 0.175 e. The molecule has 0 aliphatic heterocycles. The molecule has 1 aliphatic rings. The van der Waals surface area contributed by atoms with Crippen molar-refractivity contribution >= 4 is 35.1 Å².